The molecule has 2 heterocycles. The predicted molar refractivity (Wildman–Crippen MR) is 146 cm³/mol. The van der Waals surface area contributed by atoms with Crippen LogP contribution in [0.15, 0.2) is 60.9 Å². The highest BCUT2D eigenvalue weighted by atomic mass is 31.2. The molecular formula is C27H32N5O5P. The lowest BCUT2D eigenvalue weighted by atomic mass is 10.1. The molecule has 1 aliphatic rings. The van der Waals surface area contributed by atoms with E-state index in [0.717, 1.165) is 29.3 Å². The van der Waals surface area contributed by atoms with Crippen LogP contribution in [-0.2, 0) is 24.4 Å². The SMILES string of the molecule is CC(C)OC(=O)C(C)NP(=O)(COCC1(n2cnc3c(N)nc4ccccc4c32)CC1)Oc1ccccc1. The molecule has 4 aromatic rings. The fourth-order valence-electron chi connectivity index (χ4n) is 4.49. The molecule has 2 unspecified atom stereocenters. The third-order valence-electron chi connectivity index (χ3n) is 6.47. The minimum Gasteiger partial charge on any atom is -0.462 e. The second kappa shape index (κ2) is 10.4. The van der Waals surface area contributed by atoms with Gasteiger partial charge in [-0.05, 0) is 51.8 Å². The Morgan fingerprint density at radius 2 is 1.84 bits per heavy atom. The Bertz CT molecular complexity index is 1500. The third kappa shape index (κ3) is 5.38. The zero-order valence-corrected chi connectivity index (χ0v) is 22.6. The lowest BCUT2D eigenvalue weighted by Gasteiger charge is -2.25. The van der Waals surface area contributed by atoms with Crippen LogP contribution >= 0.6 is 7.52 Å². The van der Waals surface area contributed by atoms with Crippen molar-refractivity contribution in [3.8, 4) is 5.75 Å². The van der Waals surface area contributed by atoms with Crippen LogP contribution in [0.5, 0.6) is 5.75 Å². The van der Waals surface area contributed by atoms with E-state index in [9.17, 15) is 9.36 Å². The van der Waals surface area contributed by atoms with Crippen LogP contribution in [0.2, 0.25) is 0 Å². The van der Waals surface area contributed by atoms with Crippen LogP contribution in [0, 0.1) is 0 Å². The van der Waals surface area contributed by atoms with E-state index >= 15 is 0 Å². The molecular weight excluding hydrogens is 505 g/mol. The van der Waals surface area contributed by atoms with Gasteiger partial charge >= 0.3 is 13.5 Å². The summed E-state index contributed by atoms with van der Waals surface area (Å²) in [7, 11) is -3.65. The van der Waals surface area contributed by atoms with Crippen molar-refractivity contribution in [3.63, 3.8) is 0 Å². The van der Waals surface area contributed by atoms with Gasteiger partial charge in [-0.3, -0.25) is 9.36 Å². The Morgan fingerprint density at radius 3 is 2.55 bits per heavy atom. The number of carbonyl (C=O) groups is 1. The molecule has 11 heteroatoms. The number of nitrogen functional groups attached to an aromatic ring is 1. The molecule has 38 heavy (non-hydrogen) atoms. The number of pyridine rings is 1. The molecule has 0 aliphatic heterocycles. The average Bonchev–Trinajstić information content (AvgIpc) is 3.51. The molecule has 2 atom stereocenters. The van der Waals surface area contributed by atoms with Gasteiger partial charge in [0.15, 0.2) is 5.82 Å². The van der Waals surface area contributed by atoms with Gasteiger partial charge in [-0.2, -0.15) is 0 Å². The zero-order valence-electron chi connectivity index (χ0n) is 21.7. The number of nitrogens with one attached hydrogen (secondary N) is 1. The quantitative estimate of drug-likeness (QED) is 0.204. The molecule has 3 N–H and O–H groups in total. The van der Waals surface area contributed by atoms with E-state index in [-0.39, 0.29) is 24.6 Å². The number of hydrogen-bond donors (Lipinski definition) is 2. The van der Waals surface area contributed by atoms with E-state index < -0.39 is 19.5 Å². The van der Waals surface area contributed by atoms with Crippen molar-refractivity contribution in [2.75, 3.05) is 18.7 Å². The van der Waals surface area contributed by atoms with Gasteiger partial charge in [0.1, 0.15) is 23.7 Å². The lowest BCUT2D eigenvalue weighted by molar-refractivity contribution is -0.149. The Morgan fingerprint density at radius 1 is 1.13 bits per heavy atom. The fraction of sp³-hybridized carbons (Fsp3) is 0.370. The standard InChI is InChI=1S/C27H32N5O5P/c1-18(2)36-26(33)19(3)31-38(34,37-20-9-5-4-6-10-20)17-35-15-27(13-14-27)32-16-29-23-24(32)21-11-7-8-12-22(21)30-25(23)28/h4-12,16,18-19H,13-15,17H2,1-3H3,(H2,28,30)(H,31,34). The molecule has 1 aliphatic carbocycles. The average molecular weight is 538 g/mol. The topological polar surface area (TPSA) is 131 Å². The van der Waals surface area contributed by atoms with Crippen molar-refractivity contribution in [1.82, 2.24) is 19.6 Å². The van der Waals surface area contributed by atoms with Gasteiger partial charge in [0, 0.05) is 5.39 Å². The largest absolute Gasteiger partial charge is 0.462 e. The third-order valence-corrected chi connectivity index (χ3v) is 8.28. The summed E-state index contributed by atoms with van der Waals surface area (Å²) < 4.78 is 33.2. The molecule has 1 fully saturated rings. The monoisotopic (exact) mass is 537 g/mol. The first kappa shape index (κ1) is 26.2. The number of para-hydroxylation sites is 2. The zero-order chi connectivity index (χ0) is 26.9. The van der Waals surface area contributed by atoms with E-state index in [1.165, 1.54) is 0 Å². The number of fused-ring (bicyclic) bond motifs is 3. The molecule has 1 saturated carbocycles. The van der Waals surface area contributed by atoms with Crippen LogP contribution in [0.4, 0.5) is 5.82 Å². The minimum absolute atomic E-state index is 0.236. The van der Waals surface area contributed by atoms with E-state index in [2.05, 4.69) is 19.6 Å². The molecule has 0 amide bonds. The van der Waals surface area contributed by atoms with Gasteiger partial charge in [0.05, 0.1) is 35.6 Å². The molecule has 0 radical (unpaired) electrons. The van der Waals surface area contributed by atoms with Crippen molar-refractivity contribution in [1.29, 1.82) is 0 Å². The lowest BCUT2D eigenvalue weighted by Crippen LogP contribution is -2.37. The molecule has 5 rings (SSSR count). The van der Waals surface area contributed by atoms with Gasteiger partial charge < -0.3 is 24.3 Å². The van der Waals surface area contributed by atoms with Crippen molar-refractivity contribution in [2.45, 2.75) is 51.3 Å². The van der Waals surface area contributed by atoms with Crippen molar-refractivity contribution >= 4 is 41.2 Å². The molecule has 2 aromatic carbocycles. The Labute approximate surface area is 221 Å². The Kier molecular flexibility index (Phi) is 7.13. The summed E-state index contributed by atoms with van der Waals surface area (Å²) in [5.41, 5.74) is 8.20. The number of ether oxygens (including phenoxy) is 2. The predicted octanol–water partition coefficient (Wildman–Crippen LogP) is 4.83. The summed E-state index contributed by atoms with van der Waals surface area (Å²) in [6.45, 7) is 5.39. The molecule has 2 aromatic heterocycles. The normalized spacial score (nSPS) is 16.8. The number of rotatable bonds is 11. The second-order valence-corrected chi connectivity index (χ2v) is 12.0. The second-order valence-electron chi connectivity index (χ2n) is 9.94. The number of esters is 1. The number of anilines is 1. The highest BCUT2D eigenvalue weighted by Crippen LogP contribution is 2.49. The Hall–Kier alpha value is -3.46. The van der Waals surface area contributed by atoms with Crippen LogP contribution in [0.3, 0.4) is 0 Å². The summed E-state index contributed by atoms with van der Waals surface area (Å²) in [6, 6.07) is 15.8. The number of nitrogens with two attached hydrogens (primary N) is 1. The maximum absolute atomic E-state index is 13.9. The maximum Gasteiger partial charge on any atom is 0.342 e. The molecule has 200 valence electrons. The first-order valence-corrected chi connectivity index (χ1v) is 14.4. The summed E-state index contributed by atoms with van der Waals surface area (Å²) in [5.74, 6) is 0.271. The van der Waals surface area contributed by atoms with Crippen molar-refractivity contribution in [2.24, 2.45) is 0 Å². The number of nitrogens with zero attached hydrogens (tertiary/aromatic N) is 3. The summed E-state index contributed by atoms with van der Waals surface area (Å²) in [5, 5.41) is 3.80. The number of hydrogen-bond acceptors (Lipinski definition) is 8. The minimum atomic E-state index is -3.65. The number of aromatic nitrogens is 3. The summed E-state index contributed by atoms with van der Waals surface area (Å²) in [4.78, 5) is 21.4. The molecule has 10 nitrogen and oxygen atoms in total. The molecule has 0 bridgehead atoms. The van der Waals surface area contributed by atoms with Gasteiger partial charge in [-0.15, -0.1) is 0 Å². The van der Waals surface area contributed by atoms with E-state index in [1.54, 1.807) is 51.4 Å². The van der Waals surface area contributed by atoms with Crippen LogP contribution < -0.4 is 15.3 Å². The van der Waals surface area contributed by atoms with Gasteiger partial charge in [0.2, 0.25) is 0 Å². The first-order valence-electron chi connectivity index (χ1n) is 12.6. The maximum atomic E-state index is 13.9. The van der Waals surface area contributed by atoms with Crippen LogP contribution in [0.25, 0.3) is 21.9 Å². The molecule has 0 saturated heterocycles. The highest BCUT2D eigenvalue weighted by molar-refractivity contribution is 7.57. The first-order chi connectivity index (χ1) is 18.2. The van der Waals surface area contributed by atoms with Crippen LogP contribution in [0.1, 0.15) is 33.6 Å². The van der Waals surface area contributed by atoms with E-state index in [0.29, 0.717) is 17.1 Å². The Balaban J connectivity index is 1.36. The van der Waals surface area contributed by atoms with E-state index in [1.807, 2.05) is 30.3 Å². The number of carbonyl (C=O) groups excluding carboxylic acids is 1. The van der Waals surface area contributed by atoms with Crippen LogP contribution in [-0.4, -0.2) is 45.6 Å². The number of benzene rings is 2. The number of imidazole rings is 1. The van der Waals surface area contributed by atoms with E-state index in [4.69, 9.17) is 19.7 Å². The van der Waals surface area contributed by atoms with Crippen molar-refractivity contribution < 1.29 is 23.4 Å². The van der Waals surface area contributed by atoms with Gasteiger partial charge in [-0.25, -0.2) is 15.1 Å². The summed E-state index contributed by atoms with van der Waals surface area (Å²) in [6.07, 6.45) is 2.97. The summed E-state index contributed by atoms with van der Waals surface area (Å²) >= 11 is 0. The fourth-order valence-corrected chi connectivity index (χ4v) is 6.15. The van der Waals surface area contributed by atoms with Gasteiger partial charge in [-0.1, -0.05) is 36.4 Å². The highest BCUT2D eigenvalue weighted by Gasteiger charge is 2.47. The smallest absolute Gasteiger partial charge is 0.342 e. The van der Waals surface area contributed by atoms with Crippen molar-refractivity contribution in [3.05, 3.63) is 60.9 Å². The van der Waals surface area contributed by atoms with Gasteiger partial charge in [0.25, 0.3) is 0 Å². The molecule has 0 spiro atoms.